The van der Waals surface area contributed by atoms with Crippen molar-refractivity contribution in [1.82, 2.24) is 9.55 Å². The molecule has 0 saturated heterocycles. The highest BCUT2D eigenvalue weighted by Gasteiger charge is 2.25. The van der Waals surface area contributed by atoms with Crippen LogP contribution in [0.1, 0.15) is 5.56 Å². The largest absolute Gasteiger partial charge is 0.449 e. The van der Waals surface area contributed by atoms with Crippen molar-refractivity contribution in [1.29, 1.82) is 0 Å². The standard InChI is InChI=1S/C17H9BrN2O2/c18-10-5-6-13-12(7-10)14-15(22-13)17(21)19-16-11-4-2-1-3-9(11)8-20(14)16/h1-7H,8H2. The summed E-state index contributed by atoms with van der Waals surface area (Å²) in [5.41, 5.74) is 3.73. The Labute approximate surface area is 133 Å². The Morgan fingerprint density at radius 1 is 1.18 bits per heavy atom. The molecule has 1 aliphatic rings. The van der Waals surface area contributed by atoms with Gasteiger partial charge in [0, 0.05) is 15.4 Å². The summed E-state index contributed by atoms with van der Waals surface area (Å²) in [4.78, 5) is 16.6. The molecule has 5 heteroatoms. The lowest BCUT2D eigenvalue weighted by Crippen LogP contribution is -2.12. The third-order valence-corrected chi connectivity index (χ3v) is 4.63. The molecule has 0 unspecified atom stereocenters. The summed E-state index contributed by atoms with van der Waals surface area (Å²) < 4.78 is 8.77. The fourth-order valence-corrected chi connectivity index (χ4v) is 3.55. The molecule has 0 bridgehead atoms. The number of fused-ring (bicyclic) bond motifs is 7. The van der Waals surface area contributed by atoms with Crippen LogP contribution in [0.25, 0.3) is 33.5 Å². The maximum absolute atomic E-state index is 12.4. The molecule has 2 aromatic carbocycles. The first-order valence-corrected chi connectivity index (χ1v) is 7.72. The first-order valence-electron chi connectivity index (χ1n) is 6.93. The highest BCUT2D eigenvalue weighted by atomic mass is 79.9. The van der Waals surface area contributed by atoms with Gasteiger partial charge in [-0.3, -0.25) is 4.79 Å². The Morgan fingerprint density at radius 2 is 2.05 bits per heavy atom. The van der Waals surface area contributed by atoms with Crippen LogP contribution in [0.15, 0.2) is 56.1 Å². The number of rotatable bonds is 0. The lowest BCUT2D eigenvalue weighted by molar-refractivity contribution is 0.657. The molecule has 4 nitrogen and oxygen atoms in total. The number of hydrogen-bond acceptors (Lipinski definition) is 3. The molecule has 2 aromatic heterocycles. The molecule has 4 aromatic rings. The molecule has 0 radical (unpaired) electrons. The Hall–Kier alpha value is -2.40. The van der Waals surface area contributed by atoms with E-state index >= 15 is 0 Å². The van der Waals surface area contributed by atoms with Gasteiger partial charge in [-0.25, -0.2) is 0 Å². The topological polar surface area (TPSA) is 48.0 Å². The van der Waals surface area contributed by atoms with Gasteiger partial charge in [0.1, 0.15) is 16.9 Å². The van der Waals surface area contributed by atoms with E-state index in [0.717, 1.165) is 26.8 Å². The summed E-state index contributed by atoms with van der Waals surface area (Å²) >= 11 is 3.49. The van der Waals surface area contributed by atoms with Gasteiger partial charge < -0.3 is 8.98 Å². The Bertz CT molecular complexity index is 1140. The van der Waals surface area contributed by atoms with E-state index in [-0.39, 0.29) is 5.56 Å². The lowest BCUT2D eigenvalue weighted by Gasteiger charge is -2.04. The number of hydrogen-bond donors (Lipinski definition) is 0. The molecule has 0 atom stereocenters. The van der Waals surface area contributed by atoms with Crippen LogP contribution in [0.4, 0.5) is 0 Å². The Kier molecular flexibility index (Phi) is 2.26. The molecule has 22 heavy (non-hydrogen) atoms. The molecule has 3 heterocycles. The highest BCUT2D eigenvalue weighted by molar-refractivity contribution is 9.10. The molecule has 0 amide bonds. The van der Waals surface area contributed by atoms with Crippen LogP contribution in [0.2, 0.25) is 0 Å². The summed E-state index contributed by atoms with van der Waals surface area (Å²) in [6.07, 6.45) is 0. The second-order valence-electron chi connectivity index (χ2n) is 5.40. The van der Waals surface area contributed by atoms with Gasteiger partial charge in [0.15, 0.2) is 0 Å². The van der Waals surface area contributed by atoms with E-state index < -0.39 is 0 Å². The summed E-state index contributed by atoms with van der Waals surface area (Å²) in [5, 5.41) is 0.929. The van der Waals surface area contributed by atoms with Crippen LogP contribution in [-0.2, 0) is 6.54 Å². The SMILES string of the molecule is O=c1nc2n(c3c1oc1ccc(Br)cc13)Cc1ccccc1-2. The number of aromatic nitrogens is 2. The van der Waals surface area contributed by atoms with E-state index in [1.54, 1.807) is 0 Å². The zero-order chi connectivity index (χ0) is 14.8. The molecule has 0 N–H and O–H groups in total. The monoisotopic (exact) mass is 352 g/mol. The first kappa shape index (κ1) is 12.2. The first-order chi connectivity index (χ1) is 10.7. The molecule has 0 spiro atoms. The van der Waals surface area contributed by atoms with Crippen LogP contribution < -0.4 is 5.56 Å². The van der Waals surface area contributed by atoms with Gasteiger partial charge in [0.2, 0.25) is 5.58 Å². The van der Waals surface area contributed by atoms with E-state index in [0.29, 0.717) is 17.7 Å². The van der Waals surface area contributed by atoms with Crippen LogP contribution in [0.3, 0.4) is 0 Å². The molecule has 1 aliphatic heterocycles. The van der Waals surface area contributed by atoms with Crippen molar-refractivity contribution >= 4 is 38.0 Å². The van der Waals surface area contributed by atoms with Gasteiger partial charge in [-0.15, -0.1) is 0 Å². The highest BCUT2D eigenvalue weighted by Crippen LogP contribution is 2.36. The molecule has 0 aliphatic carbocycles. The second kappa shape index (κ2) is 4.08. The van der Waals surface area contributed by atoms with E-state index in [1.807, 2.05) is 36.4 Å². The molecular weight excluding hydrogens is 344 g/mol. The van der Waals surface area contributed by atoms with Crippen molar-refractivity contribution in [3.05, 3.63) is 62.9 Å². The summed E-state index contributed by atoms with van der Waals surface area (Å²) in [5.74, 6) is 0.718. The lowest BCUT2D eigenvalue weighted by atomic mass is 10.1. The maximum atomic E-state index is 12.4. The second-order valence-corrected chi connectivity index (χ2v) is 6.32. The minimum absolute atomic E-state index is 0.315. The third kappa shape index (κ3) is 1.46. The fourth-order valence-electron chi connectivity index (χ4n) is 3.19. The summed E-state index contributed by atoms with van der Waals surface area (Å²) in [6.45, 7) is 0.705. The van der Waals surface area contributed by atoms with Crippen molar-refractivity contribution in [2.45, 2.75) is 6.54 Å². The molecule has 0 fully saturated rings. The molecule has 5 rings (SSSR count). The van der Waals surface area contributed by atoms with E-state index in [4.69, 9.17) is 4.42 Å². The zero-order valence-electron chi connectivity index (χ0n) is 11.3. The minimum Gasteiger partial charge on any atom is -0.449 e. The van der Waals surface area contributed by atoms with Crippen LogP contribution >= 0.6 is 15.9 Å². The van der Waals surface area contributed by atoms with Gasteiger partial charge in [-0.2, -0.15) is 4.98 Å². The van der Waals surface area contributed by atoms with E-state index in [1.165, 1.54) is 5.56 Å². The molecule has 0 saturated carbocycles. The predicted molar refractivity (Wildman–Crippen MR) is 88.0 cm³/mol. The van der Waals surface area contributed by atoms with Gasteiger partial charge in [-0.05, 0) is 23.8 Å². The van der Waals surface area contributed by atoms with E-state index in [9.17, 15) is 4.79 Å². The average molecular weight is 353 g/mol. The fraction of sp³-hybridized carbons (Fsp3) is 0.0588. The molecule has 106 valence electrons. The maximum Gasteiger partial charge on any atom is 0.316 e. The van der Waals surface area contributed by atoms with Crippen molar-refractivity contribution in [3.63, 3.8) is 0 Å². The quantitative estimate of drug-likeness (QED) is 0.424. The third-order valence-electron chi connectivity index (χ3n) is 4.14. The van der Waals surface area contributed by atoms with Crippen molar-refractivity contribution in [2.24, 2.45) is 0 Å². The van der Waals surface area contributed by atoms with Crippen molar-refractivity contribution in [3.8, 4) is 11.4 Å². The predicted octanol–water partition coefficient (Wildman–Crippen LogP) is 3.93. The Morgan fingerprint density at radius 3 is 2.95 bits per heavy atom. The van der Waals surface area contributed by atoms with Crippen LogP contribution in [0.5, 0.6) is 0 Å². The summed E-state index contributed by atoms with van der Waals surface area (Å²) in [7, 11) is 0. The normalized spacial score (nSPS) is 12.8. The summed E-state index contributed by atoms with van der Waals surface area (Å²) in [6, 6.07) is 13.8. The smallest absolute Gasteiger partial charge is 0.316 e. The number of halogens is 1. The average Bonchev–Trinajstić information content (AvgIpc) is 3.06. The molecular formula is C17H9BrN2O2. The van der Waals surface area contributed by atoms with Crippen LogP contribution in [-0.4, -0.2) is 9.55 Å². The van der Waals surface area contributed by atoms with Gasteiger partial charge in [-0.1, -0.05) is 40.2 Å². The van der Waals surface area contributed by atoms with Crippen molar-refractivity contribution < 1.29 is 4.42 Å². The minimum atomic E-state index is -0.315. The number of nitrogens with zero attached hydrogens (tertiary/aromatic N) is 2. The zero-order valence-corrected chi connectivity index (χ0v) is 12.9. The van der Waals surface area contributed by atoms with Gasteiger partial charge in [0.25, 0.3) is 0 Å². The van der Waals surface area contributed by atoms with Crippen LogP contribution in [0, 0.1) is 0 Å². The van der Waals surface area contributed by atoms with Crippen molar-refractivity contribution in [2.75, 3.05) is 0 Å². The van der Waals surface area contributed by atoms with Gasteiger partial charge >= 0.3 is 5.56 Å². The number of furan rings is 1. The van der Waals surface area contributed by atoms with Gasteiger partial charge in [0.05, 0.1) is 6.54 Å². The number of benzene rings is 2. The van der Waals surface area contributed by atoms with E-state index in [2.05, 4.69) is 31.5 Å². The Balaban J connectivity index is 2.01.